The van der Waals surface area contributed by atoms with Gasteiger partial charge in [0.25, 0.3) is 0 Å². The highest BCUT2D eigenvalue weighted by molar-refractivity contribution is 6.04. The Bertz CT molecular complexity index is 921. The largest absolute Gasteiger partial charge is 0.450 e. The van der Waals surface area contributed by atoms with Gasteiger partial charge in [0.15, 0.2) is 5.78 Å². The molecule has 0 bridgehead atoms. The summed E-state index contributed by atoms with van der Waals surface area (Å²) in [5.74, 6) is 0.866. The molecule has 4 aliphatic rings. The van der Waals surface area contributed by atoms with Gasteiger partial charge in [-0.1, -0.05) is 51.0 Å². The maximum atomic E-state index is 13.1. The molecule has 3 heteroatoms. The number of carbonyl (C=O) groups is 2. The van der Waals surface area contributed by atoms with Crippen molar-refractivity contribution in [2.24, 2.45) is 17.8 Å². The molecule has 146 valence electrons. The van der Waals surface area contributed by atoms with Crippen molar-refractivity contribution in [1.82, 2.24) is 0 Å². The Kier molecular flexibility index (Phi) is 4.12. The molecular formula is C25H28O3. The Labute approximate surface area is 166 Å². The highest BCUT2D eigenvalue weighted by Gasteiger charge is 2.70. The number of hydrogen-bond donors (Lipinski definition) is 0. The maximum Gasteiger partial charge on any atom is 0.339 e. The molecule has 3 aliphatic carbocycles. The number of esters is 1. The molecule has 2 unspecified atom stereocenters. The first kappa shape index (κ1) is 17.9. The molecule has 0 saturated heterocycles. The monoisotopic (exact) mass is 376 g/mol. The Morgan fingerprint density at radius 1 is 1.18 bits per heavy atom. The topological polar surface area (TPSA) is 43.4 Å². The predicted octanol–water partition coefficient (Wildman–Crippen LogP) is 5.50. The fourth-order valence-electron chi connectivity index (χ4n) is 6.49. The van der Waals surface area contributed by atoms with Gasteiger partial charge >= 0.3 is 5.97 Å². The van der Waals surface area contributed by atoms with Crippen LogP contribution in [0.1, 0.15) is 74.7 Å². The molecule has 1 aromatic carbocycles. The van der Waals surface area contributed by atoms with E-state index in [4.69, 9.17) is 4.74 Å². The second kappa shape index (κ2) is 6.43. The Balaban J connectivity index is 1.65. The summed E-state index contributed by atoms with van der Waals surface area (Å²) in [6.45, 7) is 4.37. The molecule has 0 amide bonds. The first-order valence-corrected chi connectivity index (χ1v) is 10.9. The summed E-state index contributed by atoms with van der Waals surface area (Å²) < 4.78 is 6.22. The van der Waals surface area contributed by atoms with Gasteiger partial charge < -0.3 is 4.74 Å². The van der Waals surface area contributed by atoms with E-state index < -0.39 is 5.60 Å². The molecule has 5 rings (SSSR count). The number of rotatable bonds is 4. The average molecular weight is 376 g/mol. The summed E-state index contributed by atoms with van der Waals surface area (Å²) in [5, 5.41) is 0. The standard InChI is InChI=1S/C25H28O3/c1-3-5-9-15-14-21(26)22-16(15)12-13-17-19(8-4-2)25(23(17)22)20-11-7-6-10-18(20)24(27)28-25/h6-7,9-11,17,19,23H,3-5,8,12-14H2,1-2H3/b15-9+/t17-,19+,23?,25?/m0/s1. The van der Waals surface area contributed by atoms with E-state index in [1.54, 1.807) is 0 Å². The van der Waals surface area contributed by atoms with Crippen LogP contribution >= 0.6 is 0 Å². The molecule has 1 aromatic rings. The molecule has 4 atom stereocenters. The van der Waals surface area contributed by atoms with E-state index in [9.17, 15) is 9.59 Å². The number of benzene rings is 1. The highest BCUT2D eigenvalue weighted by Crippen LogP contribution is 2.69. The molecule has 0 N–H and O–H groups in total. The van der Waals surface area contributed by atoms with Crippen LogP contribution in [0.2, 0.25) is 0 Å². The normalized spacial score (nSPS) is 34.4. The van der Waals surface area contributed by atoms with Crippen LogP contribution in [-0.2, 0) is 15.1 Å². The van der Waals surface area contributed by atoms with Gasteiger partial charge in [-0.2, -0.15) is 0 Å². The van der Waals surface area contributed by atoms with Crippen molar-refractivity contribution in [1.29, 1.82) is 0 Å². The minimum Gasteiger partial charge on any atom is -0.450 e. The van der Waals surface area contributed by atoms with E-state index in [0.29, 0.717) is 23.8 Å². The van der Waals surface area contributed by atoms with Gasteiger partial charge in [0, 0.05) is 29.4 Å². The van der Waals surface area contributed by atoms with E-state index in [-0.39, 0.29) is 17.7 Å². The van der Waals surface area contributed by atoms with Crippen molar-refractivity contribution in [2.45, 2.75) is 64.4 Å². The Morgan fingerprint density at radius 3 is 2.79 bits per heavy atom. The van der Waals surface area contributed by atoms with E-state index >= 15 is 0 Å². The summed E-state index contributed by atoms with van der Waals surface area (Å²) >= 11 is 0. The fourth-order valence-corrected chi connectivity index (χ4v) is 6.49. The lowest BCUT2D eigenvalue weighted by Crippen LogP contribution is -2.62. The number of carbonyl (C=O) groups excluding carboxylic acids is 2. The number of allylic oxidation sites excluding steroid dienone is 3. The van der Waals surface area contributed by atoms with Crippen LogP contribution < -0.4 is 0 Å². The molecule has 0 aromatic heterocycles. The van der Waals surface area contributed by atoms with Crippen molar-refractivity contribution in [3.8, 4) is 0 Å². The van der Waals surface area contributed by atoms with Crippen molar-refractivity contribution in [3.63, 3.8) is 0 Å². The van der Waals surface area contributed by atoms with E-state index in [2.05, 4.69) is 26.0 Å². The van der Waals surface area contributed by atoms with Crippen LogP contribution in [-0.4, -0.2) is 11.8 Å². The van der Waals surface area contributed by atoms with Crippen LogP contribution in [0.5, 0.6) is 0 Å². The molecule has 1 spiro atoms. The first-order valence-electron chi connectivity index (χ1n) is 10.9. The SMILES string of the molecule is CCC/C=C1\CC(=O)C2=C1CC[C@@H]1C2C2(OC(=O)c3ccccc32)[C@@H]1CCC. The number of unbranched alkanes of at least 4 members (excludes halogenated alkanes) is 1. The van der Waals surface area contributed by atoms with Gasteiger partial charge in [-0.3, -0.25) is 4.79 Å². The van der Waals surface area contributed by atoms with E-state index in [1.807, 2.05) is 18.2 Å². The summed E-state index contributed by atoms with van der Waals surface area (Å²) in [7, 11) is 0. The highest BCUT2D eigenvalue weighted by atomic mass is 16.6. The zero-order valence-corrected chi connectivity index (χ0v) is 16.8. The van der Waals surface area contributed by atoms with Crippen LogP contribution in [0, 0.1) is 17.8 Å². The van der Waals surface area contributed by atoms with E-state index in [1.165, 1.54) is 11.1 Å². The second-order valence-corrected chi connectivity index (χ2v) is 8.81. The van der Waals surface area contributed by atoms with Gasteiger partial charge in [-0.25, -0.2) is 4.79 Å². The minimum atomic E-state index is -0.620. The smallest absolute Gasteiger partial charge is 0.339 e. The first-order chi connectivity index (χ1) is 13.6. The Hall–Kier alpha value is -2.16. The summed E-state index contributed by atoms with van der Waals surface area (Å²) in [6.07, 6.45) is 9.14. The number of ether oxygens (including phenoxy) is 1. The number of fused-ring (bicyclic) bond motifs is 5. The lowest BCUT2D eigenvalue weighted by molar-refractivity contribution is -0.193. The molecule has 1 aliphatic heterocycles. The zero-order valence-electron chi connectivity index (χ0n) is 16.8. The Morgan fingerprint density at radius 2 is 2.00 bits per heavy atom. The van der Waals surface area contributed by atoms with Gasteiger partial charge in [0.05, 0.1) is 5.56 Å². The van der Waals surface area contributed by atoms with Gasteiger partial charge in [-0.05, 0) is 48.8 Å². The molecule has 1 fully saturated rings. The molecular weight excluding hydrogens is 348 g/mol. The summed E-state index contributed by atoms with van der Waals surface area (Å²) in [5.41, 5.74) is 4.61. The number of ketones is 1. The summed E-state index contributed by atoms with van der Waals surface area (Å²) in [4.78, 5) is 25.9. The third-order valence-electron chi connectivity index (χ3n) is 7.47. The zero-order chi connectivity index (χ0) is 19.5. The third-order valence-corrected chi connectivity index (χ3v) is 7.47. The van der Waals surface area contributed by atoms with Gasteiger partial charge in [0.2, 0.25) is 0 Å². The lowest BCUT2D eigenvalue weighted by atomic mass is 9.45. The second-order valence-electron chi connectivity index (χ2n) is 8.81. The lowest BCUT2D eigenvalue weighted by Gasteiger charge is -2.61. The molecule has 1 saturated carbocycles. The van der Waals surface area contributed by atoms with E-state index in [0.717, 1.165) is 49.7 Å². The summed E-state index contributed by atoms with van der Waals surface area (Å²) in [6, 6.07) is 7.84. The third kappa shape index (κ3) is 2.16. The van der Waals surface area contributed by atoms with Crippen molar-refractivity contribution in [2.75, 3.05) is 0 Å². The van der Waals surface area contributed by atoms with Crippen molar-refractivity contribution >= 4 is 11.8 Å². The number of Topliss-reactive ketones (excluding diaryl/α,β-unsaturated/α-hetero) is 1. The molecule has 3 nitrogen and oxygen atoms in total. The maximum absolute atomic E-state index is 13.1. The molecule has 0 radical (unpaired) electrons. The average Bonchev–Trinajstić information content (AvgIpc) is 3.19. The van der Waals surface area contributed by atoms with Crippen molar-refractivity contribution < 1.29 is 14.3 Å². The van der Waals surface area contributed by atoms with Crippen LogP contribution in [0.25, 0.3) is 0 Å². The number of hydrogen-bond acceptors (Lipinski definition) is 3. The van der Waals surface area contributed by atoms with Gasteiger partial charge in [-0.15, -0.1) is 0 Å². The van der Waals surface area contributed by atoms with Gasteiger partial charge in [0.1, 0.15) is 5.60 Å². The van der Waals surface area contributed by atoms with Crippen LogP contribution in [0.3, 0.4) is 0 Å². The predicted molar refractivity (Wildman–Crippen MR) is 108 cm³/mol. The van der Waals surface area contributed by atoms with Crippen LogP contribution in [0.4, 0.5) is 0 Å². The fraction of sp³-hybridized carbons (Fsp3) is 0.520. The minimum absolute atomic E-state index is 0.0421. The van der Waals surface area contributed by atoms with Crippen LogP contribution in [0.15, 0.2) is 47.1 Å². The van der Waals surface area contributed by atoms with Crippen molar-refractivity contribution in [3.05, 3.63) is 58.2 Å². The molecule has 1 heterocycles. The quantitative estimate of drug-likeness (QED) is 0.651. The molecule has 28 heavy (non-hydrogen) atoms.